The van der Waals surface area contributed by atoms with Crippen molar-refractivity contribution in [2.45, 2.75) is 12.8 Å². The van der Waals surface area contributed by atoms with Gasteiger partial charge >= 0.3 is 5.63 Å². The minimum atomic E-state index is -0.384. The van der Waals surface area contributed by atoms with E-state index >= 15 is 0 Å². The average Bonchev–Trinajstić information content (AvgIpc) is 3.24. The van der Waals surface area contributed by atoms with E-state index in [0.717, 1.165) is 36.7 Å². The van der Waals surface area contributed by atoms with E-state index in [2.05, 4.69) is 22.7 Å². The van der Waals surface area contributed by atoms with Crippen LogP contribution in [-0.2, 0) is 0 Å². The molecule has 4 rings (SSSR count). The molecule has 6 nitrogen and oxygen atoms in total. The molecule has 24 heavy (non-hydrogen) atoms. The number of fused-ring (bicyclic) bond motifs is 2. The molecular formula is C18H18N2O4. The first kappa shape index (κ1) is 14.8. The van der Waals surface area contributed by atoms with Crippen molar-refractivity contribution in [2.24, 2.45) is 0 Å². The molecule has 3 aromatic rings. The smallest absolute Gasteiger partial charge is 0.336 e. The third kappa shape index (κ3) is 2.88. The third-order valence-electron chi connectivity index (χ3n) is 4.05. The number of nitrogens with one attached hydrogen (secondary N) is 1. The molecule has 3 heterocycles. The highest BCUT2D eigenvalue weighted by molar-refractivity contribution is 6.01. The molecule has 0 radical (unpaired) electrons. The molecule has 1 aliphatic heterocycles. The molecule has 1 N–H and O–H groups in total. The number of benzene rings is 1. The summed E-state index contributed by atoms with van der Waals surface area (Å²) >= 11 is 0. The van der Waals surface area contributed by atoms with E-state index in [9.17, 15) is 4.79 Å². The van der Waals surface area contributed by atoms with Crippen LogP contribution in [0.15, 0.2) is 56.4 Å². The molecule has 0 spiro atoms. The lowest BCUT2D eigenvalue weighted by atomic mass is 10.1. The fourth-order valence-electron chi connectivity index (χ4n) is 2.88. The van der Waals surface area contributed by atoms with E-state index in [-0.39, 0.29) is 5.63 Å². The van der Waals surface area contributed by atoms with E-state index in [4.69, 9.17) is 13.6 Å². The molecule has 0 fully saturated rings. The van der Waals surface area contributed by atoms with Crippen molar-refractivity contribution in [3.8, 4) is 5.75 Å². The predicted molar refractivity (Wildman–Crippen MR) is 90.8 cm³/mol. The van der Waals surface area contributed by atoms with Crippen molar-refractivity contribution in [1.82, 2.24) is 10.4 Å². The highest BCUT2D eigenvalue weighted by Gasteiger charge is 2.13. The fourth-order valence-corrected chi connectivity index (χ4v) is 2.88. The fraction of sp³-hybridized carbons (Fsp3) is 0.278. The van der Waals surface area contributed by atoms with E-state index in [1.807, 2.05) is 6.07 Å². The Kier molecular flexibility index (Phi) is 3.96. The summed E-state index contributed by atoms with van der Waals surface area (Å²) in [4.78, 5) is 11.4. The number of hydrazine groups is 1. The van der Waals surface area contributed by atoms with Gasteiger partial charge in [-0.05, 0) is 25.0 Å². The number of hydrogen-bond acceptors (Lipinski definition) is 6. The molecule has 2 aromatic heterocycles. The Labute approximate surface area is 138 Å². The number of nitrogens with zero attached hydrogens (tertiary/aromatic N) is 1. The van der Waals surface area contributed by atoms with Gasteiger partial charge in [0.05, 0.1) is 23.6 Å². The van der Waals surface area contributed by atoms with Crippen LogP contribution >= 0.6 is 0 Å². The van der Waals surface area contributed by atoms with Crippen LogP contribution in [0.4, 0.5) is 0 Å². The largest absolute Gasteiger partial charge is 0.492 e. The van der Waals surface area contributed by atoms with Gasteiger partial charge in [-0.2, -0.15) is 0 Å². The zero-order chi connectivity index (χ0) is 16.4. The molecule has 0 saturated carbocycles. The topological polar surface area (TPSA) is 67.8 Å². The molecule has 0 aliphatic carbocycles. The first-order chi connectivity index (χ1) is 11.8. The Bertz CT molecular complexity index is 941. The van der Waals surface area contributed by atoms with E-state index in [1.165, 1.54) is 6.07 Å². The number of hydrogen-bond donors (Lipinski definition) is 1. The summed E-state index contributed by atoms with van der Waals surface area (Å²) in [5.74, 6) is 0.708. The Balaban J connectivity index is 1.50. The van der Waals surface area contributed by atoms with Crippen LogP contribution in [0.5, 0.6) is 5.75 Å². The summed E-state index contributed by atoms with van der Waals surface area (Å²) in [6.07, 6.45) is 7.71. The van der Waals surface area contributed by atoms with Crippen LogP contribution in [0.3, 0.4) is 0 Å². The van der Waals surface area contributed by atoms with Crippen LogP contribution in [-0.4, -0.2) is 24.7 Å². The number of ether oxygens (including phenoxy) is 1. The molecule has 6 heteroatoms. The van der Waals surface area contributed by atoms with Crippen LogP contribution in [0, 0.1) is 0 Å². The molecule has 0 atom stereocenters. The molecule has 0 unspecified atom stereocenters. The van der Waals surface area contributed by atoms with E-state index in [1.54, 1.807) is 18.4 Å². The van der Waals surface area contributed by atoms with Crippen molar-refractivity contribution < 1.29 is 13.6 Å². The highest BCUT2D eigenvalue weighted by Crippen LogP contribution is 2.35. The Morgan fingerprint density at radius 1 is 1.17 bits per heavy atom. The van der Waals surface area contributed by atoms with E-state index < -0.39 is 0 Å². The van der Waals surface area contributed by atoms with Crippen LogP contribution in [0.2, 0.25) is 0 Å². The molecule has 124 valence electrons. The van der Waals surface area contributed by atoms with E-state index in [0.29, 0.717) is 23.5 Å². The quantitative estimate of drug-likeness (QED) is 0.555. The maximum absolute atomic E-state index is 11.4. The zero-order valence-corrected chi connectivity index (χ0v) is 13.2. The third-order valence-corrected chi connectivity index (χ3v) is 4.05. The highest BCUT2D eigenvalue weighted by atomic mass is 16.5. The monoisotopic (exact) mass is 326 g/mol. The average molecular weight is 326 g/mol. The second-order valence-electron chi connectivity index (χ2n) is 5.70. The Morgan fingerprint density at radius 2 is 2.08 bits per heavy atom. The van der Waals surface area contributed by atoms with Gasteiger partial charge in [-0.1, -0.05) is 6.08 Å². The molecule has 0 bridgehead atoms. The lowest BCUT2D eigenvalue weighted by Crippen LogP contribution is -2.29. The zero-order valence-electron chi connectivity index (χ0n) is 13.2. The van der Waals surface area contributed by atoms with Crippen molar-refractivity contribution >= 4 is 21.9 Å². The summed E-state index contributed by atoms with van der Waals surface area (Å²) in [6.45, 7) is 2.44. The first-order valence-electron chi connectivity index (χ1n) is 8.05. The van der Waals surface area contributed by atoms with Gasteiger partial charge in [0.1, 0.15) is 16.9 Å². The normalized spacial score (nSPS) is 14.1. The SMILES string of the molecule is O=c1ccc2c(OCCCCN3C=CCN3)c3ccoc3cc2o1. The molecule has 1 aromatic carbocycles. The predicted octanol–water partition coefficient (Wildman–Crippen LogP) is 3.03. The summed E-state index contributed by atoms with van der Waals surface area (Å²) < 4.78 is 16.7. The van der Waals surface area contributed by atoms with Gasteiger partial charge in [-0.25, -0.2) is 10.2 Å². The van der Waals surface area contributed by atoms with Crippen LogP contribution in [0.1, 0.15) is 12.8 Å². The first-order valence-corrected chi connectivity index (χ1v) is 8.05. The van der Waals surface area contributed by atoms with Gasteiger partial charge in [0.25, 0.3) is 0 Å². The second kappa shape index (κ2) is 6.41. The minimum Gasteiger partial charge on any atom is -0.492 e. The van der Waals surface area contributed by atoms with Crippen molar-refractivity contribution in [3.05, 3.63) is 53.2 Å². The maximum atomic E-state index is 11.4. The Hall–Kier alpha value is -2.73. The van der Waals surface area contributed by atoms with Crippen molar-refractivity contribution in [1.29, 1.82) is 0 Å². The van der Waals surface area contributed by atoms with Gasteiger partial charge in [-0.3, -0.25) is 0 Å². The lowest BCUT2D eigenvalue weighted by molar-refractivity contribution is 0.270. The van der Waals surface area contributed by atoms with Gasteiger partial charge in [-0.15, -0.1) is 0 Å². The van der Waals surface area contributed by atoms with Crippen LogP contribution in [0.25, 0.3) is 21.9 Å². The van der Waals surface area contributed by atoms with Gasteiger partial charge in [0.2, 0.25) is 0 Å². The number of furan rings is 1. The minimum absolute atomic E-state index is 0.384. The number of unbranched alkanes of at least 4 members (excludes halogenated alkanes) is 1. The van der Waals surface area contributed by atoms with Crippen molar-refractivity contribution in [3.63, 3.8) is 0 Å². The van der Waals surface area contributed by atoms with Crippen molar-refractivity contribution in [2.75, 3.05) is 19.7 Å². The van der Waals surface area contributed by atoms with Gasteiger partial charge in [0.15, 0.2) is 0 Å². The van der Waals surface area contributed by atoms with Gasteiger partial charge < -0.3 is 18.6 Å². The molecule has 1 aliphatic rings. The summed E-state index contributed by atoms with van der Waals surface area (Å²) in [5, 5.41) is 3.76. The molecule has 0 saturated heterocycles. The lowest BCUT2D eigenvalue weighted by Gasteiger charge is -2.16. The van der Waals surface area contributed by atoms with Crippen LogP contribution < -0.4 is 15.8 Å². The summed E-state index contributed by atoms with van der Waals surface area (Å²) in [5.41, 5.74) is 3.99. The molecular weight excluding hydrogens is 308 g/mol. The summed E-state index contributed by atoms with van der Waals surface area (Å²) in [7, 11) is 0. The Morgan fingerprint density at radius 3 is 2.96 bits per heavy atom. The second-order valence-corrected chi connectivity index (χ2v) is 5.70. The maximum Gasteiger partial charge on any atom is 0.336 e. The number of rotatable bonds is 6. The standard InChI is InChI=1S/C18H18N2O4/c21-17-5-4-13-16(24-17)12-15-14(6-11-22-15)18(13)23-10-2-1-8-20-9-3-7-19-20/h3-6,9,11-12,19H,1-2,7-8,10H2. The molecule has 0 amide bonds. The summed E-state index contributed by atoms with van der Waals surface area (Å²) in [6, 6.07) is 6.74. The van der Waals surface area contributed by atoms with Gasteiger partial charge in [0, 0.05) is 31.4 Å².